The second-order valence-electron chi connectivity index (χ2n) is 3.89. The Balaban J connectivity index is 2.35. The highest BCUT2D eigenvalue weighted by molar-refractivity contribution is 5.55. The Morgan fingerprint density at radius 2 is 2.18 bits per heavy atom. The van der Waals surface area contributed by atoms with E-state index in [0.717, 1.165) is 12.0 Å². The molecule has 90 valence electrons. The van der Waals surface area contributed by atoms with Gasteiger partial charge < -0.3 is 5.73 Å². The molecule has 2 rings (SSSR count). The smallest absolute Gasteiger partial charge is 0.182 e. The Morgan fingerprint density at radius 3 is 2.88 bits per heavy atom. The van der Waals surface area contributed by atoms with Gasteiger partial charge in [-0.2, -0.15) is 0 Å². The van der Waals surface area contributed by atoms with E-state index in [1.165, 1.54) is 12.1 Å². The van der Waals surface area contributed by atoms with Crippen LogP contribution in [0.3, 0.4) is 0 Å². The van der Waals surface area contributed by atoms with Crippen LogP contribution in [-0.2, 0) is 6.54 Å². The summed E-state index contributed by atoms with van der Waals surface area (Å²) in [4.78, 5) is 0. The van der Waals surface area contributed by atoms with E-state index in [2.05, 4.69) is 15.5 Å². The maximum absolute atomic E-state index is 13.3. The zero-order chi connectivity index (χ0) is 12.3. The summed E-state index contributed by atoms with van der Waals surface area (Å²) in [5.74, 6) is 0.287. The van der Waals surface area contributed by atoms with E-state index in [1.807, 2.05) is 13.0 Å². The molecule has 1 heterocycles. The highest BCUT2D eigenvalue weighted by Gasteiger charge is 2.09. The third-order valence-electron chi connectivity index (χ3n) is 2.41. The summed E-state index contributed by atoms with van der Waals surface area (Å²) in [6.45, 7) is 3.04. The molecule has 2 aromatic rings. The van der Waals surface area contributed by atoms with E-state index in [9.17, 15) is 4.39 Å². The zero-order valence-corrected chi connectivity index (χ0v) is 9.60. The molecule has 0 fully saturated rings. The normalized spacial score (nSPS) is 10.8. The topological polar surface area (TPSA) is 69.6 Å². The van der Waals surface area contributed by atoms with Gasteiger partial charge in [-0.05, 0) is 54.1 Å². The Bertz CT molecular complexity index is 488. The average Bonchev–Trinajstić information content (AvgIpc) is 2.73. The standard InChI is InChI=1S/C11H14FN5/c1-8-5-9(7-10(12)6-8)11-14-15-16-17(11)4-2-3-13/h5-7H,2-4,13H2,1H3. The molecule has 0 amide bonds. The number of tetrazole rings is 1. The van der Waals surface area contributed by atoms with Gasteiger partial charge in [0.15, 0.2) is 5.82 Å². The third-order valence-corrected chi connectivity index (χ3v) is 2.41. The summed E-state index contributed by atoms with van der Waals surface area (Å²) >= 11 is 0. The van der Waals surface area contributed by atoms with Crippen LogP contribution < -0.4 is 5.73 Å². The molecule has 0 unspecified atom stereocenters. The van der Waals surface area contributed by atoms with Crippen LogP contribution in [0.5, 0.6) is 0 Å². The van der Waals surface area contributed by atoms with Gasteiger partial charge >= 0.3 is 0 Å². The molecule has 1 aromatic heterocycles. The number of aromatic nitrogens is 4. The van der Waals surface area contributed by atoms with Crippen LogP contribution in [0.15, 0.2) is 18.2 Å². The molecule has 0 atom stereocenters. The fourth-order valence-electron chi connectivity index (χ4n) is 1.67. The summed E-state index contributed by atoms with van der Waals surface area (Å²) in [5, 5.41) is 11.4. The molecule has 1 aromatic carbocycles. The second-order valence-corrected chi connectivity index (χ2v) is 3.89. The molecule has 6 heteroatoms. The van der Waals surface area contributed by atoms with Gasteiger partial charge in [0, 0.05) is 12.1 Å². The van der Waals surface area contributed by atoms with Gasteiger partial charge in [0.2, 0.25) is 0 Å². The number of rotatable bonds is 4. The van der Waals surface area contributed by atoms with Crippen LogP contribution in [0, 0.1) is 12.7 Å². The number of hydrogen-bond donors (Lipinski definition) is 1. The maximum atomic E-state index is 13.3. The number of nitrogens with two attached hydrogens (primary N) is 1. The summed E-state index contributed by atoms with van der Waals surface area (Å²) in [5.41, 5.74) is 6.97. The molecule has 5 nitrogen and oxygen atoms in total. The largest absolute Gasteiger partial charge is 0.330 e. The minimum absolute atomic E-state index is 0.284. The Labute approximate surface area is 98.4 Å². The molecule has 2 N–H and O–H groups in total. The van der Waals surface area contributed by atoms with Crippen molar-refractivity contribution in [2.24, 2.45) is 5.73 Å². The molecule has 0 aliphatic heterocycles. The summed E-state index contributed by atoms with van der Waals surface area (Å²) in [7, 11) is 0. The SMILES string of the molecule is Cc1cc(F)cc(-c2nnnn2CCCN)c1. The van der Waals surface area contributed by atoms with Gasteiger partial charge in [0.1, 0.15) is 5.82 Å². The van der Waals surface area contributed by atoms with Crippen LogP contribution in [0.4, 0.5) is 4.39 Å². The van der Waals surface area contributed by atoms with Crippen molar-refractivity contribution in [3.8, 4) is 11.4 Å². The zero-order valence-electron chi connectivity index (χ0n) is 9.60. The summed E-state index contributed by atoms with van der Waals surface area (Å²) in [6.07, 6.45) is 0.784. The highest BCUT2D eigenvalue weighted by Crippen LogP contribution is 2.19. The monoisotopic (exact) mass is 235 g/mol. The maximum Gasteiger partial charge on any atom is 0.182 e. The lowest BCUT2D eigenvalue weighted by Gasteiger charge is -2.04. The molecule has 0 aliphatic carbocycles. The Morgan fingerprint density at radius 1 is 1.35 bits per heavy atom. The van der Waals surface area contributed by atoms with Crippen molar-refractivity contribution in [3.63, 3.8) is 0 Å². The highest BCUT2D eigenvalue weighted by atomic mass is 19.1. The summed E-state index contributed by atoms with van der Waals surface area (Å²) in [6, 6.07) is 4.75. The van der Waals surface area contributed by atoms with Crippen LogP contribution in [0.2, 0.25) is 0 Å². The Hall–Kier alpha value is -1.82. The molecule has 0 aliphatic rings. The second kappa shape index (κ2) is 5.01. The molecule has 0 bridgehead atoms. The molecule has 0 spiro atoms. The predicted molar refractivity (Wildman–Crippen MR) is 61.6 cm³/mol. The lowest BCUT2D eigenvalue weighted by atomic mass is 10.1. The van der Waals surface area contributed by atoms with Crippen molar-refractivity contribution >= 4 is 0 Å². The van der Waals surface area contributed by atoms with Gasteiger partial charge in [0.05, 0.1) is 0 Å². The minimum Gasteiger partial charge on any atom is -0.330 e. The van der Waals surface area contributed by atoms with Gasteiger partial charge in [-0.25, -0.2) is 9.07 Å². The van der Waals surface area contributed by atoms with Crippen LogP contribution >= 0.6 is 0 Å². The number of halogens is 1. The first-order chi connectivity index (χ1) is 8.20. The number of hydrogen-bond acceptors (Lipinski definition) is 4. The number of benzene rings is 1. The van der Waals surface area contributed by atoms with Crippen molar-refractivity contribution in [1.29, 1.82) is 0 Å². The predicted octanol–water partition coefficient (Wildman–Crippen LogP) is 1.14. The van der Waals surface area contributed by atoms with Crippen molar-refractivity contribution in [1.82, 2.24) is 20.2 Å². The van der Waals surface area contributed by atoms with Gasteiger partial charge in [0.25, 0.3) is 0 Å². The number of nitrogens with zero attached hydrogens (tertiary/aromatic N) is 4. The molecule has 0 saturated heterocycles. The first kappa shape index (κ1) is 11.7. The molecule has 0 radical (unpaired) electrons. The first-order valence-corrected chi connectivity index (χ1v) is 5.44. The van der Waals surface area contributed by atoms with Crippen LogP contribution in [0.25, 0.3) is 11.4 Å². The quantitative estimate of drug-likeness (QED) is 0.862. The van der Waals surface area contributed by atoms with Gasteiger partial charge in [-0.1, -0.05) is 0 Å². The lowest BCUT2D eigenvalue weighted by molar-refractivity contribution is 0.568. The van der Waals surface area contributed by atoms with Crippen molar-refractivity contribution in [2.75, 3.05) is 6.54 Å². The van der Waals surface area contributed by atoms with Crippen molar-refractivity contribution in [2.45, 2.75) is 19.9 Å². The molecular weight excluding hydrogens is 221 g/mol. The number of aryl methyl sites for hydroxylation is 2. The third kappa shape index (κ3) is 2.65. The fraction of sp³-hybridized carbons (Fsp3) is 0.364. The molecule has 0 saturated carbocycles. The average molecular weight is 235 g/mol. The summed E-state index contributed by atoms with van der Waals surface area (Å²) < 4.78 is 14.9. The Kier molecular flexibility index (Phi) is 3.43. The van der Waals surface area contributed by atoms with E-state index < -0.39 is 0 Å². The van der Waals surface area contributed by atoms with E-state index in [0.29, 0.717) is 24.5 Å². The van der Waals surface area contributed by atoms with E-state index in [4.69, 9.17) is 5.73 Å². The fourth-order valence-corrected chi connectivity index (χ4v) is 1.67. The molecule has 17 heavy (non-hydrogen) atoms. The van der Waals surface area contributed by atoms with Crippen LogP contribution in [0.1, 0.15) is 12.0 Å². The van der Waals surface area contributed by atoms with E-state index in [-0.39, 0.29) is 5.82 Å². The van der Waals surface area contributed by atoms with Crippen molar-refractivity contribution in [3.05, 3.63) is 29.6 Å². The van der Waals surface area contributed by atoms with E-state index >= 15 is 0 Å². The van der Waals surface area contributed by atoms with Gasteiger partial charge in [-0.15, -0.1) is 5.10 Å². The van der Waals surface area contributed by atoms with Crippen molar-refractivity contribution < 1.29 is 4.39 Å². The van der Waals surface area contributed by atoms with Gasteiger partial charge in [-0.3, -0.25) is 0 Å². The van der Waals surface area contributed by atoms with E-state index in [1.54, 1.807) is 4.68 Å². The first-order valence-electron chi connectivity index (χ1n) is 5.44. The molecular formula is C11H14FN5. The van der Waals surface area contributed by atoms with Crippen LogP contribution in [-0.4, -0.2) is 26.8 Å². The lowest BCUT2D eigenvalue weighted by Crippen LogP contribution is -2.08. The minimum atomic E-state index is -0.284.